The summed E-state index contributed by atoms with van der Waals surface area (Å²) in [5.74, 6) is -1.81. The summed E-state index contributed by atoms with van der Waals surface area (Å²) < 4.78 is 56.5. The fourth-order valence-electron chi connectivity index (χ4n) is 3.49. The molecular formula is C20H21ClF2N2O3S. The average Bonchev–Trinajstić information content (AvgIpc) is 2.91. The summed E-state index contributed by atoms with van der Waals surface area (Å²) in [7, 11) is -4.25. The highest BCUT2D eigenvalue weighted by atomic mass is 35.5. The number of benzene rings is 2. The molecular weight excluding hydrogens is 422 g/mol. The second-order valence-electron chi connectivity index (χ2n) is 6.97. The monoisotopic (exact) mass is 442 g/mol. The molecule has 29 heavy (non-hydrogen) atoms. The molecule has 2 aromatic rings. The van der Waals surface area contributed by atoms with Crippen molar-refractivity contribution in [2.45, 2.75) is 37.1 Å². The number of carbonyl (C=O) groups is 1. The molecule has 1 heterocycles. The first-order valence-corrected chi connectivity index (χ1v) is 11.0. The molecule has 0 radical (unpaired) electrons. The third kappa shape index (κ3) is 4.70. The Balaban J connectivity index is 2.14. The minimum atomic E-state index is -4.25. The Morgan fingerprint density at radius 3 is 2.48 bits per heavy atom. The highest BCUT2D eigenvalue weighted by molar-refractivity contribution is 7.92. The van der Waals surface area contributed by atoms with Crippen molar-refractivity contribution < 1.29 is 22.0 Å². The van der Waals surface area contributed by atoms with Gasteiger partial charge in [-0.05, 0) is 55.7 Å². The third-order valence-electron chi connectivity index (χ3n) is 4.94. The smallest absolute Gasteiger partial charge is 0.264 e. The number of nitrogens with zero attached hydrogens (tertiary/aromatic N) is 2. The quantitative estimate of drug-likeness (QED) is 0.712. The van der Waals surface area contributed by atoms with Crippen molar-refractivity contribution in [3.8, 4) is 0 Å². The minimum Gasteiger partial charge on any atom is -0.341 e. The predicted octanol–water partition coefficient (Wildman–Crippen LogP) is 4.21. The summed E-state index contributed by atoms with van der Waals surface area (Å²) in [5, 5.41) is 0.352. The molecule has 9 heteroatoms. The standard InChI is InChI=1S/C20H21ClF2N2O3S/c1-14(26)24-11-3-2-4-17(13-24)25(20-12-16(22)7-10-19(20)23)29(27,28)18-8-5-15(21)6-9-18/h5-10,12,17H,2-4,11,13H2,1H3. The lowest BCUT2D eigenvalue weighted by Crippen LogP contribution is -2.47. The van der Waals surface area contributed by atoms with Crippen LogP contribution in [0.2, 0.25) is 5.02 Å². The van der Waals surface area contributed by atoms with Crippen LogP contribution in [-0.4, -0.2) is 38.4 Å². The lowest BCUT2D eigenvalue weighted by atomic mass is 10.1. The molecule has 1 amide bonds. The highest BCUT2D eigenvalue weighted by Gasteiger charge is 2.36. The van der Waals surface area contributed by atoms with Gasteiger partial charge < -0.3 is 4.90 Å². The highest BCUT2D eigenvalue weighted by Crippen LogP contribution is 2.32. The maximum atomic E-state index is 14.7. The summed E-state index contributed by atoms with van der Waals surface area (Å²) in [5.41, 5.74) is -0.379. The Hall–Kier alpha value is -2.19. The molecule has 1 saturated heterocycles. The van der Waals surface area contributed by atoms with Crippen LogP contribution in [0.5, 0.6) is 0 Å². The van der Waals surface area contributed by atoms with E-state index in [0.717, 1.165) is 22.5 Å². The molecule has 0 saturated carbocycles. The number of carbonyl (C=O) groups excluding carboxylic acids is 1. The van der Waals surface area contributed by atoms with Crippen LogP contribution in [0.4, 0.5) is 14.5 Å². The van der Waals surface area contributed by atoms with Gasteiger partial charge in [0.05, 0.1) is 16.6 Å². The van der Waals surface area contributed by atoms with Gasteiger partial charge in [-0.1, -0.05) is 11.6 Å². The SMILES string of the molecule is CC(=O)N1CCCCC(N(c2cc(F)ccc2F)S(=O)(=O)c2ccc(Cl)cc2)C1. The molecule has 0 bridgehead atoms. The number of sulfonamides is 1. The fourth-order valence-corrected chi connectivity index (χ4v) is 5.29. The largest absolute Gasteiger partial charge is 0.341 e. The molecule has 1 aliphatic heterocycles. The van der Waals surface area contributed by atoms with E-state index in [1.54, 1.807) is 4.90 Å². The van der Waals surface area contributed by atoms with Crippen molar-refractivity contribution in [3.63, 3.8) is 0 Å². The van der Waals surface area contributed by atoms with Gasteiger partial charge in [-0.2, -0.15) is 0 Å². The molecule has 1 unspecified atom stereocenters. The molecule has 3 rings (SSSR count). The van der Waals surface area contributed by atoms with Gasteiger partial charge in [0.1, 0.15) is 11.6 Å². The summed E-state index contributed by atoms with van der Waals surface area (Å²) in [4.78, 5) is 13.4. The zero-order valence-corrected chi connectivity index (χ0v) is 17.4. The normalized spacial score (nSPS) is 17.7. The number of amides is 1. The molecule has 0 N–H and O–H groups in total. The molecule has 0 spiro atoms. The molecule has 1 atom stereocenters. The second kappa shape index (κ2) is 8.67. The molecule has 1 aliphatic rings. The molecule has 2 aromatic carbocycles. The molecule has 5 nitrogen and oxygen atoms in total. The zero-order chi connectivity index (χ0) is 21.2. The van der Waals surface area contributed by atoms with Crippen LogP contribution in [0.3, 0.4) is 0 Å². The van der Waals surface area contributed by atoms with E-state index in [2.05, 4.69) is 0 Å². The van der Waals surface area contributed by atoms with Gasteiger partial charge in [0.25, 0.3) is 10.0 Å². The van der Waals surface area contributed by atoms with E-state index in [1.807, 2.05) is 0 Å². The first-order valence-electron chi connectivity index (χ1n) is 9.20. The van der Waals surface area contributed by atoms with Crippen molar-refractivity contribution in [1.29, 1.82) is 0 Å². The van der Waals surface area contributed by atoms with E-state index in [4.69, 9.17) is 11.6 Å². The number of halogens is 3. The molecule has 1 fully saturated rings. The maximum absolute atomic E-state index is 14.7. The molecule has 156 valence electrons. The van der Waals surface area contributed by atoms with Crippen LogP contribution >= 0.6 is 11.6 Å². The second-order valence-corrected chi connectivity index (χ2v) is 9.22. The summed E-state index contributed by atoms with van der Waals surface area (Å²) in [6.45, 7) is 1.99. The van der Waals surface area contributed by atoms with Crippen molar-refractivity contribution in [2.24, 2.45) is 0 Å². The van der Waals surface area contributed by atoms with Gasteiger partial charge >= 0.3 is 0 Å². The van der Waals surface area contributed by atoms with Crippen LogP contribution in [-0.2, 0) is 14.8 Å². The van der Waals surface area contributed by atoms with Crippen LogP contribution in [0.1, 0.15) is 26.2 Å². The van der Waals surface area contributed by atoms with E-state index >= 15 is 0 Å². The summed E-state index contributed by atoms with van der Waals surface area (Å²) >= 11 is 5.87. The Morgan fingerprint density at radius 2 is 1.83 bits per heavy atom. The van der Waals surface area contributed by atoms with E-state index < -0.39 is 27.7 Å². The van der Waals surface area contributed by atoms with Gasteiger partial charge in [-0.25, -0.2) is 17.2 Å². The summed E-state index contributed by atoms with van der Waals surface area (Å²) in [6.07, 6.45) is 1.76. The van der Waals surface area contributed by atoms with Gasteiger partial charge in [0, 0.05) is 31.1 Å². The third-order valence-corrected chi connectivity index (χ3v) is 7.07. The molecule has 0 aliphatic carbocycles. The van der Waals surface area contributed by atoms with Crippen LogP contribution in [0.25, 0.3) is 0 Å². The van der Waals surface area contributed by atoms with Crippen molar-refractivity contribution in [2.75, 3.05) is 17.4 Å². The Kier molecular flexibility index (Phi) is 6.43. The van der Waals surface area contributed by atoms with Gasteiger partial charge in [0.15, 0.2) is 0 Å². The maximum Gasteiger partial charge on any atom is 0.264 e. The number of hydrogen-bond donors (Lipinski definition) is 0. The first-order chi connectivity index (χ1) is 13.7. The minimum absolute atomic E-state index is 0.0933. The van der Waals surface area contributed by atoms with E-state index in [9.17, 15) is 22.0 Å². The van der Waals surface area contributed by atoms with E-state index in [1.165, 1.54) is 31.2 Å². The number of anilines is 1. The van der Waals surface area contributed by atoms with Crippen LogP contribution in [0.15, 0.2) is 47.4 Å². The van der Waals surface area contributed by atoms with Crippen molar-refractivity contribution in [1.82, 2.24) is 4.90 Å². The van der Waals surface area contributed by atoms with Crippen molar-refractivity contribution in [3.05, 3.63) is 59.1 Å². The topological polar surface area (TPSA) is 57.7 Å². The van der Waals surface area contributed by atoms with Crippen LogP contribution in [0, 0.1) is 11.6 Å². The average molecular weight is 443 g/mol. The van der Waals surface area contributed by atoms with E-state index in [0.29, 0.717) is 30.8 Å². The zero-order valence-electron chi connectivity index (χ0n) is 15.8. The Labute approximate surface area is 173 Å². The van der Waals surface area contributed by atoms with E-state index in [-0.39, 0.29) is 23.0 Å². The summed E-state index contributed by atoms with van der Waals surface area (Å²) in [6, 6.07) is 7.44. The first kappa shape index (κ1) is 21.5. The number of likely N-dealkylation sites (tertiary alicyclic amines) is 1. The Bertz CT molecular complexity index is 999. The fraction of sp³-hybridized carbons (Fsp3) is 0.350. The number of hydrogen-bond acceptors (Lipinski definition) is 3. The molecule has 0 aromatic heterocycles. The van der Waals surface area contributed by atoms with Gasteiger partial charge in [0.2, 0.25) is 5.91 Å². The lowest BCUT2D eigenvalue weighted by molar-refractivity contribution is -0.128. The predicted molar refractivity (Wildman–Crippen MR) is 107 cm³/mol. The number of rotatable bonds is 4. The lowest BCUT2D eigenvalue weighted by Gasteiger charge is -2.34. The van der Waals surface area contributed by atoms with Crippen LogP contribution < -0.4 is 4.31 Å². The van der Waals surface area contributed by atoms with Gasteiger partial charge in [-0.15, -0.1) is 0 Å². The van der Waals surface area contributed by atoms with Gasteiger partial charge in [-0.3, -0.25) is 9.10 Å². The van der Waals surface area contributed by atoms with Crippen molar-refractivity contribution >= 4 is 33.2 Å². The Morgan fingerprint density at radius 1 is 1.14 bits per heavy atom.